The molecule has 0 radical (unpaired) electrons. The highest BCUT2D eigenvalue weighted by Crippen LogP contribution is 2.47. The first kappa shape index (κ1) is 18.2. The van der Waals surface area contributed by atoms with E-state index in [2.05, 4.69) is 11.7 Å². The van der Waals surface area contributed by atoms with Crippen LogP contribution in [0.1, 0.15) is 36.3 Å². The number of amides is 1. The summed E-state index contributed by atoms with van der Waals surface area (Å²) in [6.07, 6.45) is 4.23. The van der Waals surface area contributed by atoms with Crippen molar-refractivity contribution in [1.29, 1.82) is 0 Å². The van der Waals surface area contributed by atoms with Gasteiger partial charge in [-0.1, -0.05) is 19.1 Å². The molecule has 2 aromatic rings. The first-order valence-corrected chi connectivity index (χ1v) is 8.49. The van der Waals surface area contributed by atoms with Gasteiger partial charge in [0.2, 0.25) is 5.91 Å². The van der Waals surface area contributed by atoms with Gasteiger partial charge in [-0.3, -0.25) is 4.79 Å². The Bertz CT molecular complexity index is 783. The Balaban J connectivity index is 1.53. The minimum absolute atomic E-state index is 0.0826. The third-order valence-electron chi connectivity index (χ3n) is 4.45. The number of nitrogens with zero attached hydrogens (tertiary/aromatic N) is 1. The van der Waals surface area contributed by atoms with Crippen LogP contribution in [-0.4, -0.2) is 24.5 Å². The van der Waals surface area contributed by atoms with E-state index in [9.17, 15) is 13.6 Å². The van der Waals surface area contributed by atoms with E-state index in [0.29, 0.717) is 18.4 Å². The molecule has 1 amide bonds. The van der Waals surface area contributed by atoms with Gasteiger partial charge in [-0.05, 0) is 48.2 Å². The number of alkyl halides is 2. The van der Waals surface area contributed by atoms with E-state index in [1.165, 1.54) is 18.2 Å². The molecule has 1 aromatic heterocycles. The minimum Gasteiger partial charge on any atom is -0.464 e. The molecule has 0 spiro atoms. The molecule has 0 bridgehead atoms. The van der Waals surface area contributed by atoms with Crippen LogP contribution in [0.3, 0.4) is 0 Å². The van der Waals surface area contributed by atoms with Gasteiger partial charge in [0.15, 0.2) is 0 Å². The van der Waals surface area contributed by atoms with Crippen molar-refractivity contribution in [1.82, 2.24) is 4.90 Å². The third-order valence-corrected chi connectivity index (χ3v) is 4.45. The number of furan rings is 1. The summed E-state index contributed by atoms with van der Waals surface area (Å²) in [6, 6.07) is 9.98. The highest BCUT2D eigenvalue weighted by molar-refractivity contribution is 5.91. The fourth-order valence-electron chi connectivity index (χ4n) is 2.76. The number of rotatable bonds is 7. The number of hydrogen-bond donors (Lipinski definition) is 0. The zero-order valence-corrected chi connectivity index (χ0v) is 14.7. The molecule has 1 fully saturated rings. The lowest BCUT2D eigenvalue weighted by Crippen LogP contribution is -2.23. The molecular formula is C20H21F2NO3. The normalized spacial score (nSPS) is 19.1. The van der Waals surface area contributed by atoms with E-state index in [-0.39, 0.29) is 11.7 Å². The second-order valence-electron chi connectivity index (χ2n) is 6.60. The number of carbonyl (C=O) groups excluding carboxylic acids is 1. The van der Waals surface area contributed by atoms with Gasteiger partial charge in [0, 0.05) is 19.0 Å². The van der Waals surface area contributed by atoms with Crippen LogP contribution >= 0.6 is 0 Å². The molecule has 6 heteroatoms. The molecule has 1 heterocycles. The second-order valence-corrected chi connectivity index (χ2v) is 6.60. The van der Waals surface area contributed by atoms with Gasteiger partial charge < -0.3 is 14.1 Å². The topological polar surface area (TPSA) is 42.7 Å². The SMILES string of the molecule is C[C@H]1C[C@H]1c1ccc(CN(C)C(=O)/C=C/c2ccc(OC(F)F)cc2)o1. The molecule has 0 aliphatic heterocycles. The molecule has 0 N–H and O–H groups in total. The van der Waals surface area contributed by atoms with Gasteiger partial charge >= 0.3 is 6.61 Å². The Labute approximate surface area is 151 Å². The molecule has 0 saturated heterocycles. The first-order valence-electron chi connectivity index (χ1n) is 8.49. The Morgan fingerprint density at radius 2 is 2.00 bits per heavy atom. The van der Waals surface area contributed by atoms with Crippen molar-refractivity contribution < 1.29 is 22.7 Å². The molecule has 1 aromatic carbocycles. The van der Waals surface area contributed by atoms with Crippen LogP contribution in [0, 0.1) is 5.92 Å². The fourth-order valence-corrected chi connectivity index (χ4v) is 2.76. The molecule has 2 atom stereocenters. The summed E-state index contributed by atoms with van der Waals surface area (Å²) in [5.41, 5.74) is 0.719. The summed E-state index contributed by atoms with van der Waals surface area (Å²) in [6.45, 7) is -0.262. The van der Waals surface area contributed by atoms with Crippen molar-refractivity contribution in [2.24, 2.45) is 5.92 Å². The number of halogens is 2. The van der Waals surface area contributed by atoms with E-state index in [4.69, 9.17) is 4.42 Å². The number of likely N-dealkylation sites (N-methyl/N-ethyl adjacent to an activating group) is 1. The van der Waals surface area contributed by atoms with Crippen molar-refractivity contribution >= 4 is 12.0 Å². The average Bonchev–Trinajstić information content (AvgIpc) is 3.15. The largest absolute Gasteiger partial charge is 0.464 e. The van der Waals surface area contributed by atoms with E-state index >= 15 is 0 Å². The van der Waals surface area contributed by atoms with Crippen molar-refractivity contribution in [3.05, 3.63) is 59.6 Å². The van der Waals surface area contributed by atoms with Gasteiger partial charge in [0.25, 0.3) is 0 Å². The van der Waals surface area contributed by atoms with Crippen LogP contribution in [0.4, 0.5) is 8.78 Å². The summed E-state index contributed by atoms with van der Waals surface area (Å²) in [4.78, 5) is 13.8. The smallest absolute Gasteiger partial charge is 0.387 e. The third kappa shape index (κ3) is 4.71. The van der Waals surface area contributed by atoms with Crippen molar-refractivity contribution in [2.75, 3.05) is 7.05 Å². The monoisotopic (exact) mass is 361 g/mol. The molecular weight excluding hydrogens is 340 g/mol. The first-order chi connectivity index (χ1) is 12.4. The van der Waals surface area contributed by atoms with Crippen LogP contribution < -0.4 is 4.74 Å². The maximum Gasteiger partial charge on any atom is 0.387 e. The molecule has 138 valence electrons. The minimum atomic E-state index is -2.85. The van der Waals surface area contributed by atoms with Crippen LogP contribution in [-0.2, 0) is 11.3 Å². The zero-order valence-electron chi connectivity index (χ0n) is 14.7. The number of benzene rings is 1. The van der Waals surface area contributed by atoms with Gasteiger partial charge in [-0.25, -0.2) is 0 Å². The Hall–Kier alpha value is -2.63. The lowest BCUT2D eigenvalue weighted by atomic mass is 10.2. The molecule has 3 rings (SSSR count). The molecule has 1 aliphatic carbocycles. The summed E-state index contributed by atoms with van der Waals surface area (Å²) in [7, 11) is 1.70. The Kier molecular flexibility index (Phi) is 5.40. The Morgan fingerprint density at radius 1 is 1.31 bits per heavy atom. The predicted octanol–water partition coefficient (Wildman–Crippen LogP) is 4.68. The summed E-state index contributed by atoms with van der Waals surface area (Å²) in [5, 5.41) is 0. The van der Waals surface area contributed by atoms with Crippen LogP contribution in [0.2, 0.25) is 0 Å². The maximum absolute atomic E-state index is 12.2. The molecule has 4 nitrogen and oxygen atoms in total. The van der Waals surface area contributed by atoms with E-state index in [0.717, 1.165) is 23.5 Å². The van der Waals surface area contributed by atoms with Crippen molar-refractivity contribution in [2.45, 2.75) is 32.4 Å². The van der Waals surface area contributed by atoms with Gasteiger partial charge in [0.05, 0.1) is 6.54 Å². The molecule has 26 heavy (non-hydrogen) atoms. The Morgan fingerprint density at radius 3 is 2.62 bits per heavy atom. The fraction of sp³-hybridized carbons (Fsp3) is 0.350. The maximum atomic E-state index is 12.2. The zero-order chi connectivity index (χ0) is 18.7. The lowest BCUT2D eigenvalue weighted by molar-refractivity contribution is -0.125. The van der Waals surface area contributed by atoms with Crippen LogP contribution in [0.15, 0.2) is 46.9 Å². The van der Waals surface area contributed by atoms with Crippen LogP contribution in [0.5, 0.6) is 5.75 Å². The molecule has 1 aliphatic rings. The highest BCUT2D eigenvalue weighted by atomic mass is 19.3. The van der Waals surface area contributed by atoms with E-state index < -0.39 is 6.61 Å². The quantitative estimate of drug-likeness (QED) is 0.673. The predicted molar refractivity (Wildman–Crippen MR) is 93.8 cm³/mol. The highest BCUT2D eigenvalue weighted by Gasteiger charge is 2.36. The molecule has 0 unspecified atom stereocenters. The summed E-state index contributed by atoms with van der Waals surface area (Å²) in [5.74, 6) is 2.86. The van der Waals surface area contributed by atoms with Gasteiger partial charge in [0.1, 0.15) is 17.3 Å². The standard InChI is InChI=1S/C20H21F2NO3/c1-13-11-17(13)18-9-8-16(25-18)12-23(2)19(24)10-5-14-3-6-15(7-4-14)26-20(21)22/h3-10,13,17,20H,11-12H2,1-2H3/b10-5+/t13-,17+/m0/s1. The number of carbonyl (C=O) groups is 1. The average molecular weight is 361 g/mol. The lowest BCUT2D eigenvalue weighted by Gasteiger charge is -2.13. The number of hydrogen-bond acceptors (Lipinski definition) is 3. The summed E-state index contributed by atoms with van der Waals surface area (Å²) >= 11 is 0. The molecule has 1 saturated carbocycles. The number of ether oxygens (including phenoxy) is 1. The summed E-state index contributed by atoms with van der Waals surface area (Å²) < 4.78 is 34.3. The van der Waals surface area contributed by atoms with E-state index in [1.54, 1.807) is 30.2 Å². The van der Waals surface area contributed by atoms with Gasteiger partial charge in [-0.2, -0.15) is 8.78 Å². The van der Waals surface area contributed by atoms with Crippen molar-refractivity contribution in [3.63, 3.8) is 0 Å². The second kappa shape index (κ2) is 7.72. The van der Waals surface area contributed by atoms with Gasteiger partial charge in [-0.15, -0.1) is 0 Å². The van der Waals surface area contributed by atoms with Crippen molar-refractivity contribution in [3.8, 4) is 5.75 Å². The van der Waals surface area contributed by atoms with Crippen LogP contribution in [0.25, 0.3) is 6.08 Å². The van der Waals surface area contributed by atoms with E-state index in [1.807, 2.05) is 12.1 Å².